The third-order valence-corrected chi connectivity index (χ3v) is 7.84. The summed E-state index contributed by atoms with van der Waals surface area (Å²) in [5, 5.41) is 102. The molecule has 2 aliphatic heterocycles. The number of benzene rings is 2. The molecular formula is C29H34O18. The van der Waals surface area contributed by atoms with E-state index in [0.717, 1.165) is 13.2 Å². The highest BCUT2D eigenvalue weighted by molar-refractivity contribution is 5.93. The quantitative estimate of drug-likeness (QED) is 0.110. The van der Waals surface area contributed by atoms with E-state index in [1.165, 1.54) is 25.3 Å². The third-order valence-electron chi connectivity index (χ3n) is 7.84. The lowest BCUT2D eigenvalue weighted by Gasteiger charge is -2.39. The van der Waals surface area contributed by atoms with Crippen molar-refractivity contribution in [3.05, 3.63) is 34.5 Å². The zero-order valence-electron chi connectivity index (χ0n) is 24.7. The van der Waals surface area contributed by atoms with Gasteiger partial charge in [0, 0.05) is 11.6 Å². The van der Waals surface area contributed by atoms with Crippen LogP contribution in [0.3, 0.4) is 0 Å². The zero-order valence-corrected chi connectivity index (χ0v) is 24.7. The van der Waals surface area contributed by atoms with E-state index in [1.807, 2.05) is 0 Å². The van der Waals surface area contributed by atoms with E-state index in [9.17, 15) is 55.9 Å². The Balaban J connectivity index is 1.68. The molecule has 2 fully saturated rings. The highest BCUT2D eigenvalue weighted by Crippen LogP contribution is 2.45. The molecular weight excluding hydrogens is 636 g/mol. The molecule has 0 aliphatic carbocycles. The first-order chi connectivity index (χ1) is 22.4. The van der Waals surface area contributed by atoms with Crippen LogP contribution in [0.1, 0.15) is 0 Å². The molecule has 2 aliphatic rings. The molecule has 3 aromatic rings. The summed E-state index contributed by atoms with van der Waals surface area (Å²) in [5.41, 5.74) is -1.51. The first-order valence-corrected chi connectivity index (χ1v) is 14.1. The molecule has 18 nitrogen and oxygen atoms in total. The van der Waals surface area contributed by atoms with E-state index in [2.05, 4.69) is 0 Å². The van der Waals surface area contributed by atoms with Crippen molar-refractivity contribution in [2.45, 2.75) is 61.4 Å². The largest absolute Gasteiger partial charge is 0.507 e. The Kier molecular flexibility index (Phi) is 9.99. The van der Waals surface area contributed by atoms with Crippen LogP contribution in [0, 0.1) is 0 Å². The van der Waals surface area contributed by atoms with Crippen molar-refractivity contribution in [3.8, 4) is 45.8 Å². The van der Waals surface area contributed by atoms with Crippen molar-refractivity contribution in [1.29, 1.82) is 0 Å². The summed E-state index contributed by atoms with van der Waals surface area (Å²) in [4.78, 5) is 14.1. The molecule has 47 heavy (non-hydrogen) atoms. The smallest absolute Gasteiger partial charge is 0.239 e. The second-order valence-electron chi connectivity index (χ2n) is 10.7. The van der Waals surface area contributed by atoms with Crippen molar-refractivity contribution in [2.75, 3.05) is 27.4 Å². The number of methoxy groups -OCH3 is 2. The number of hydrogen-bond donors (Lipinski definition) is 10. The van der Waals surface area contributed by atoms with E-state index in [1.54, 1.807) is 0 Å². The molecule has 18 heteroatoms. The van der Waals surface area contributed by atoms with Gasteiger partial charge in [-0.2, -0.15) is 0 Å². The van der Waals surface area contributed by atoms with Gasteiger partial charge in [0.2, 0.25) is 29.5 Å². The molecule has 3 heterocycles. The fraction of sp³-hybridized carbons (Fsp3) is 0.483. The lowest BCUT2D eigenvalue weighted by Crippen LogP contribution is -2.60. The van der Waals surface area contributed by atoms with Crippen LogP contribution in [0.4, 0.5) is 0 Å². The number of phenolic OH excluding ortho intramolecular Hbond substituents is 2. The Morgan fingerprint density at radius 1 is 0.681 bits per heavy atom. The lowest BCUT2D eigenvalue weighted by molar-refractivity contribution is -0.277. The number of ether oxygens (including phenoxy) is 6. The number of fused-ring (bicyclic) bond motifs is 1. The van der Waals surface area contributed by atoms with Crippen LogP contribution in [0.25, 0.3) is 22.3 Å². The number of rotatable bonds is 9. The second kappa shape index (κ2) is 13.6. The van der Waals surface area contributed by atoms with Gasteiger partial charge < -0.3 is 83.9 Å². The Hall–Kier alpha value is -3.95. The molecule has 10 N–H and O–H groups in total. The maximum absolute atomic E-state index is 14.1. The molecule has 10 atom stereocenters. The summed E-state index contributed by atoms with van der Waals surface area (Å²) in [6.07, 6.45) is -17.2. The van der Waals surface area contributed by atoms with Gasteiger partial charge in [0.25, 0.3) is 0 Å². The molecule has 0 bridgehead atoms. The van der Waals surface area contributed by atoms with Gasteiger partial charge in [-0.15, -0.1) is 0 Å². The molecule has 0 radical (unpaired) electrons. The van der Waals surface area contributed by atoms with Gasteiger partial charge in [0.1, 0.15) is 60.0 Å². The van der Waals surface area contributed by atoms with Crippen molar-refractivity contribution in [2.24, 2.45) is 0 Å². The number of aliphatic hydroxyl groups excluding tert-OH is 8. The summed E-state index contributed by atoms with van der Waals surface area (Å²) < 4.78 is 38.8. The number of aromatic hydroxyl groups is 2. The Bertz CT molecular complexity index is 1640. The van der Waals surface area contributed by atoms with Gasteiger partial charge in [-0.1, -0.05) is 0 Å². The number of aliphatic hydroxyl groups is 8. The minimum atomic E-state index is -1.94. The fourth-order valence-electron chi connectivity index (χ4n) is 5.25. The topological polar surface area (TPSA) is 288 Å². The highest BCUT2D eigenvalue weighted by Gasteiger charge is 2.47. The second-order valence-corrected chi connectivity index (χ2v) is 10.7. The van der Waals surface area contributed by atoms with Crippen molar-refractivity contribution >= 4 is 11.0 Å². The molecule has 2 aromatic carbocycles. The first-order valence-electron chi connectivity index (χ1n) is 14.1. The standard InChI is InChI=1S/C29H34O18/c1-41-12-5-9(3-4-10(12)32)24-27(47-29-23(40)21(38)18(35)15(8-31)45-29)19(36)16-11(33)6-13(25(42-2)26(16)46-24)43-28-22(39)20(37)17(34)14(7-30)44-28/h3-6,14-15,17-18,20-23,28-35,37-40H,7-8H2,1-2H3/t14-,15-,17-,18-,20+,21+,22+,23-,28-,29+/m1/s1. The van der Waals surface area contributed by atoms with Crippen LogP contribution in [0.2, 0.25) is 0 Å². The molecule has 2 saturated heterocycles. The molecule has 5 rings (SSSR count). The van der Waals surface area contributed by atoms with Crippen LogP contribution in [0.5, 0.6) is 34.5 Å². The minimum absolute atomic E-state index is 0.0278. The molecule has 0 spiro atoms. The van der Waals surface area contributed by atoms with Crippen LogP contribution in [-0.4, -0.2) is 140 Å². The van der Waals surface area contributed by atoms with Crippen LogP contribution in [-0.2, 0) is 9.47 Å². The summed E-state index contributed by atoms with van der Waals surface area (Å²) in [7, 11) is 2.40. The Labute approximate surface area is 264 Å². The fourth-order valence-corrected chi connectivity index (χ4v) is 5.25. The molecule has 258 valence electrons. The summed E-state index contributed by atoms with van der Waals surface area (Å²) in [6, 6.07) is 4.63. The van der Waals surface area contributed by atoms with E-state index in [-0.39, 0.29) is 28.6 Å². The average Bonchev–Trinajstić information content (AvgIpc) is 3.06. The van der Waals surface area contributed by atoms with Crippen molar-refractivity contribution < 1.29 is 83.9 Å². The maximum Gasteiger partial charge on any atom is 0.239 e. The third kappa shape index (κ3) is 6.11. The van der Waals surface area contributed by atoms with Gasteiger partial charge in [0.05, 0.1) is 27.4 Å². The number of phenols is 2. The van der Waals surface area contributed by atoms with Gasteiger partial charge in [-0.3, -0.25) is 4.79 Å². The summed E-state index contributed by atoms with van der Waals surface area (Å²) in [5.74, 6) is -3.00. The maximum atomic E-state index is 14.1. The van der Waals surface area contributed by atoms with E-state index in [0.29, 0.717) is 0 Å². The zero-order chi connectivity index (χ0) is 34.3. The molecule has 0 saturated carbocycles. The van der Waals surface area contributed by atoms with E-state index >= 15 is 0 Å². The van der Waals surface area contributed by atoms with E-state index in [4.69, 9.17) is 32.8 Å². The normalized spacial score (nSPS) is 31.0. The van der Waals surface area contributed by atoms with Crippen molar-refractivity contribution in [1.82, 2.24) is 0 Å². The molecule has 1 aromatic heterocycles. The van der Waals surface area contributed by atoms with Crippen LogP contribution >= 0.6 is 0 Å². The van der Waals surface area contributed by atoms with Gasteiger partial charge >= 0.3 is 0 Å². The summed E-state index contributed by atoms with van der Waals surface area (Å²) in [6.45, 7) is -1.55. The lowest BCUT2D eigenvalue weighted by atomic mass is 9.99. The predicted molar refractivity (Wildman–Crippen MR) is 153 cm³/mol. The van der Waals surface area contributed by atoms with Gasteiger partial charge in [-0.25, -0.2) is 0 Å². The molecule has 0 unspecified atom stereocenters. The summed E-state index contributed by atoms with van der Waals surface area (Å²) >= 11 is 0. The minimum Gasteiger partial charge on any atom is -0.507 e. The van der Waals surface area contributed by atoms with E-state index < -0.39 is 108 Å². The average molecular weight is 671 g/mol. The predicted octanol–water partition coefficient (Wildman–Crippen LogP) is -2.75. The SMILES string of the molecule is COc1cc(-c2oc3c(OC)c(O[C@@H]4O[C@H](CO)[C@@H](O)[C@H](O)[C@@H]4O)cc(O)c3c(=O)c2O[C@@H]2O[C@H](CO)[C@@H](O)[C@H](O)[C@H]2O)ccc1O. The molecule has 0 amide bonds. The Morgan fingerprint density at radius 2 is 1.26 bits per heavy atom. The van der Waals surface area contributed by atoms with Gasteiger partial charge in [0.15, 0.2) is 28.6 Å². The van der Waals surface area contributed by atoms with Gasteiger partial charge in [-0.05, 0) is 18.2 Å². The van der Waals surface area contributed by atoms with Crippen LogP contribution < -0.4 is 24.4 Å². The van der Waals surface area contributed by atoms with Crippen LogP contribution in [0.15, 0.2) is 33.5 Å². The monoisotopic (exact) mass is 670 g/mol. The first kappa shape index (κ1) is 34.4. The Morgan fingerprint density at radius 3 is 1.79 bits per heavy atom. The van der Waals surface area contributed by atoms with Crippen molar-refractivity contribution in [3.63, 3.8) is 0 Å². The highest BCUT2D eigenvalue weighted by atomic mass is 16.7. The number of hydrogen-bond acceptors (Lipinski definition) is 18.